The SMILES string of the molecule is C[C@H]1[C@@H](NC(=Nc2cc3ncn(CCc4ccc(F)cc4)c(=O)c3cc2F)N2CCN[C@@H](C)C2)C[C@@H]2C[C@@H]1C2(C)C. The Bertz CT molecular complexity index is 1520. The summed E-state index contributed by atoms with van der Waals surface area (Å²) in [6, 6.07) is 9.61. The smallest absolute Gasteiger partial charge is 0.261 e. The molecule has 4 aliphatic rings. The van der Waals surface area contributed by atoms with Crippen LogP contribution in [-0.2, 0) is 13.0 Å². The highest BCUT2D eigenvalue weighted by atomic mass is 19.1. The Kier molecular flexibility index (Phi) is 7.34. The van der Waals surface area contributed by atoms with Crippen LogP contribution in [0.25, 0.3) is 10.9 Å². The van der Waals surface area contributed by atoms with Gasteiger partial charge in [0.2, 0.25) is 0 Å². The normalized spacial score (nSPS) is 27.5. The molecular formula is C32H40F2N6O. The molecular weight excluding hydrogens is 522 g/mol. The molecule has 1 saturated heterocycles. The summed E-state index contributed by atoms with van der Waals surface area (Å²) < 4.78 is 30.3. The zero-order valence-corrected chi connectivity index (χ0v) is 24.3. The van der Waals surface area contributed by atoms with Gasteiger partial charge in [-0.2, -0.15) is 0 Å². The molecule has 4 fully saturated rings. The number of nitrogens with one attached hydrogen (secondary N) is 2. The lowest BCUT2D eigenvalue weighted by molar-refractivity contribution is -0.112. The second-order valence-corrected chi connectivity index (χ2v) is 12.9. The van der Waals surface area contributed by atoms with E-state index in [0.29, 0.717) is 53.7 Å². The molecule has 9 heteroatoms. The number of piperazine rings is 1. The summed E-state index contributed by atoms with van der Waals surface area (Å²) >= 11 is 0. The van der Waals surface area contributed by atoms with Gasteiger partial charge in [0.15, 0.2) is 5.96 Å². The van der Waals surface area contributed by atoms with Gasteiger partial charge in [0, 0.05) is 38.3 Å². The van der Waals surface area contributed by atoms with Gasteiger partial charge in [-0.05, 0) is 79.2 Å². The van der Waals surface area contributed by atoms with Crippen molar-refractivity contribution in [3.63, 3.8) is 0 Å². The molecule has 3 aromatic rings. The molecule has 3 saturated carbocycles. The lowest BCUT2D eigenvalue weighted by Gasteiger charge is -2.62. The minimum Gasteiger partial charge on any atom is -0.353 e. The minimum absolute atomic E-state index is 0.177. The van der Waals surface area contributed by atoms with Gasteiger partial charge in [-0.1, -0.05) is 32.9 Å². The van der Waals surface area contributed by atoms with E-state index >= 15 is 4.39 Å². The summed E-state index contributed by atoms with van der Waals surface area (Å²) in [5, 5.41) is 7.44. The summed E-state index contributed by atoms with van der Waals surface area (Å²) in [7, 11) is 0. The lowest BCUT2D eigenvalue weighted by Crippen LogP contribution is -2.63. The number of aliphatic imine (C=N–C) groups is 1. The summed E-state index contributed by atoms with van der Waals surface area (Å²) in [5.74, 6) is 1.71. The largest absolute Gasteiger partial charge is 0.353 e. The number of hydrogen-bond donors (Lipinski definition) is 2. The molecule has 2 N–H and O–H groups in total. The molecule has 2 aromatic carbocycles. The number of rotatable bonds is 5. The topological polar surface area (TPSA) is 74.5 Å². The first-order chi connectivity index (χ1) is 19.6. The number of aryl methyl sites for hydroxylation is 2. The van der Waals surface area contributed by atoms with Crippen LogP contribution in [0.1, 0.15) is 46.1 Å². The third kappa shape index (κ3) is 5.36. The molecule has 0 unspecified atom stereocenters. The van der Waals surface area contributed by atoms with E-state index in [2.05, 4.69) is 48.2 Å². The van der Waals surface area contributed by atoms with E-state index < -0.39 is 5.82 Å². The Hall–Kier alpha value is -3.33. The van der Waals surface area contributed by atoms with Crippen molar-refractivity contribution in [1.29, 1.82) is 0 Å². The number of aromatic nitrogens is 2. The second kappa shape index (κ2) is 10.8. The molecule has 2 bridgehead atoms. The van der Waals surface area contributed by atoms with E-state index in [1.165, 1.54) is 35.5 Å². The number of guanidine groups is 1. The summed E-state index contributed by atoms with van der Waals surface area (Å²) in [5.41, 5.74) is 1.57. The van der Waals surface area contributed by atoms with Crippen LogP contribution in [0.4, 0.5) is 14.5 Å². The summed E-state index contributed by atoms with van der Waals surface area (Å²) in [6.07, 6.45) is 4.41. The van der Waals surface area contributed by atoms with Crippen molar-refractivity contribution in [1.82, 2.24) is 25.1 Å². The Morgan fingerprint density at radius 1 is 1.17 bits per heavy atom. The van der Waals surface area contributed by atoms with Crippen molar-refractivity contribution in [2.75, 3.05) is 19.6 Å². The van der Waals surface area contributed by atoms with Crippen molar-refractivity contribution in [3.05, 3.63) is 70.3 Å². The van der Waals surface area contributed by atoms with Crippen LogP contribution in [0.3, 0.4) is 0 Å². The van der Waals surface area contributed by atoms with Gasteiger partial charge in [0.25, 0.3) is 5.56 Å². The third-order valence-electron chi connectivity index (χ3n) is 10.0. The first-order valence-electron chi connectivity index (χ1n) is 14.9. The minimum atomic E-state index is -0.546. The standard InChI is InChI=1S/C32H40F2N6O/c1-19-17-39(12-10-35-19)31(37-27-14-22-13-25(20(27)2)32(22,3)4)38-29-16-28-24(15-26(29)34)30(41)40(18-36-28)11-9-21-5-7-23(33)8-6-21/h5-8,15-16,18-20,22,25,27,35H,9-14,17H2,1-4H3,(H,37,38)/t19-,20+,22-,25-,27-/m0/s1. The number of hydrogen-bond acceptors (Lipinski definition) is 4. The van der Waals surface area contributed by atoms with Crippen LogP contribution in [0.15, 0.2) is 52.5 Å². The third-order valence-corrected chi connectivity index (χ3v) is 10.0. The molecule has 0 amide bonds. The average molecular weight is 563 g/mol. The zero-order chi connectivity index (χ0) is 28.9. The van der Waals surface area contributed by atoms with E-state index in [0.717, 1.165) is 31.6 Å². The summed E-state index contributed by atoms with van der Waals surface area (Å²) in [4.78, 5) is 24.7. The first-order valence-corrected chi connectivity index (χ1v) is 14.9. The van der Waals surface area contributed by atoms with Gasteiger partial charge in [-0.15, -0.1) is 0 Å². The Labute approximate surface area is 240 Å². The molecule has 7 rings (SSSR count). The fraction of sp³-hybridized carbons (Fsp3) is 0.531. The van der Waals surface area contributed by atoms with E-state index in [1.54, 1.807) is 18.2 Å². The molecule has 218 valence electrons. The van der Waals surface area contributed by atoms with Crippen LogP contribution < -0.4 is 16.2 Å². The quantitative estimate of drug-likeness (QED) is 0.343. The van der Waals surface area contributed by atoms with Crippen LogP contribution >= 0.6 is 0 Å². The molecule has 2 heterocycles. The Morgan fingerprint density at radius 3 is 2.66 bits per heavy atom. The van der Waals surface area contributed by atoms with Crippen molar-refractivity contribution in [2.24, 2.45) is 28.2 Å². The van der Waals surface area contributed by atoms with Crippen LogP contribution in [-0.4, -0.2) is 52.1 Å². The fourth-order valence-corrected chi connectivity index (χ4v) is 7.25. The van der Waals surface area contributed by atoms with Gasteiger partial charge in [0.05, 0.1) is 17.2 Å². The van der Waals surface area contributed by atoms with E-state index in [9.17, 15) is 9.18 Å². The Balaban J connectivity index is 1.28. The highest BCUT2D eigenvalue weighted by Gasteiger charge is 2.56. The zero-order valence-electron chi connectivity index (χ0n) is 24.3. The molecule has 7 nitrogen and oxygen atoms in total. The van der Waals surface area contributed by atoms with E-state index in [4.69, 9.17) is 4.99 Å². The Morgan fingerprint density at radius 2 is 1.95 bits per heavy atom. The number of halogens is 2. The second-order valence-electron chi connectivity index (χ2n) is 12.9. The van der Waals surface area contributed by atoms with E-state index in [-0.39, 0.29) is 28.5 Å². The molecule has 1 aromatic heterocycles. The molecule has 3 aliphatic carbocycles. The van der Waals surface area contributed by atoms with Gasteiger partial charge >= 0.3 is 0 Å². The lowest BCUT2D eigenvalue weighted by atomic mass is 9.45. The maximum atomic E-state index is 15.6. The molecule has 41 heavy (non-hydrogen) atoms. The number of benzene rings is 2. The highest BCUT2D eigenvalue weighted by molar-refractivity contribution is 5.86. The van der Waals surface area contributed by atoms with Crippen LogP contribution in [0.5, 0.6) is 0 Å². The fourth-order valence-electron chi connectivity index (χ4n) is 7.25. The first kappa shape index (κ1) is 27.8. The number of fused-ring (bicyclic) bond motifs is 3. The monoisotopic (exact) mass is 562 g/mol. The van der Waals surface area contributed by atoms with Crippen LogP contribution in [0, 0.1) is 34.8 Å². The predicted molar refractivity (Wildman–Crippen MR) is 158 cm³/mol. The van der Waals surface area contributed by atoms with Crippen molar-refractivity contribution in [3.8, 4) is 0 Å². The highest BCUT2D eigenvalue weighted by Crippen LogP contribution is 2.61. The predicted octanol–water partition coefficient (Wildman–Crippen LogP) is 4.86. The van der Waals surface area contributed by atoms with Gasteiger partial charge in [0.1, 0.15) is 17.3 Å². The molecule has 0 spiro atoms. The average Bonchev–Trinajstić information content (AvgIpc) is 2.94. The van der Waals surface area contributed by atoms with Crippen molar-refractivity contribution >= 4 is 22.5 Å². The molecule has 1 aliphatic heterocycles. The molecule has 0 radical (unpaired) electrons. The maximum absolute atomic E-state index is 15.6. The van der Waals surface area contributed by atoms with Gasteiger partial charge in [-0.25, -0.2) is 18.8 Å². The van der Waals surface area contributed by atoms with E-state index in [1.807, 2.05) is 0 Å². The van der Waals surface area contributed by atoms with Gasteiger partial charge < -0.3 is 15.5 Å². The number of nitrogens with zero attached hydrogens (tertiary/aromatic N) is 4. The van der Waals surface area contributed by atoms with Crippen molar-refractivity contribution in [2.45, 2.75) is 65.6 Å². The maximum Gasteiger partial charge on any atom is 0.261 e. The summed E-state index contributed by atoms with van der Waals surface area (Å²) in [6.45, 7) is 12.0. The van der Waals surface area contributed by atoms with Crippen LogP contribution in [0.2, 0.25) is 0 Å². The van der Waals surface area contributed by atoms with Gasteiger partial charge in [-0.3, -0.25) is 9.36 Å². The van der Waals surface area contributed by atoms with Crippen molar-refractivity contribution < 1.29 is 8.78 Å². The molecule has 5 atom stereocenters.